The molecule has 1 aliphatic heterocycles. The van der Waals surface area contributed by atoms with E-state index >= 15 is 0 Å². The normalized spacial score (nSPS) is 20.1. The third kappa shape index (κ3) is 4.16. The minimum atomic E-state index is -0.0354. The highest BCUT2D eigenvalue weighted by Crippen LogP contribution is 2.46. The van der Waals surface area contributed by atoms with E-state index in [4.69, 9.17) is 4.74 Å². The zero-order valence-electron chi connectivity index (χ0n) is 17.6. The van der Waals surface area contributed by atoms with Crippen LogP contribution in [0.15, 0.2) is 47.6 Å². The highest BCUT2D eigenvalue weighted by molar-refractivity contribution is 5.80. The van der Waals surface area contributed by atoms with Crippen LogP contribution in [0, 0.1) is 0 Å². The van der Waals surface area contributed by atoms with Gasteiger partial charge in [0.05, 0.1) is 6.04 Å². The molecule has 0 saturated heterocycles. The van der Waals surface area contributed by atoms with Crippen molar-refractivity contribution < 1.29 is 4.74 Å². The number of anilines is 1. The summed E-state index contributed by atoms with van der Waals surface area (Å²) >= 11 is 0. The molecule has 1 atom stereocenters. The van der Waals surface area contributed by atoms with E-state index in [1.165, 1.54) is 18.4 Å². The average molecular weight is 394 g/mol. The van der Waals surface area contributed by atoms with Crippen molar-refractivity contribution in [1.29, 1.82) is 0 Å². The summed E-state index contributed by atoms with van der Waals surface area (Å²) in [5.74, 6) is 2.78. The molecule has 1 spiro atoms. The van der Waals surface area contributed by atoms with Crippen LogP contribution in [0.1, 0.15) is 49.3 Å². The van der Waals surface area contributed by atoms with Crippen molar-refractivity contribution in [1.82, 2.24) is 15.6 Å². The van der Waals surface area contributed by atoms with Gasteiger partial charge in [-0.1, -0.05) is 24.3 Å². The van der Waals surface area contributed by atoms with E-state index in [1.54, 1.807) is 0 Å². The number of aliphatic imine (C=N–C) groups is 1. The highest BCUT2D eigenvalue weighted by Gasteiger charge is 2.43. The molecule has 6 nitrogen and oxygen atoms in total. The molecular weight excluding hydrogens is 362 g/mol. The Morgan fingerprint density at radius 1 is 1.21 bits per heavy atom. The van der Waals surface area contributed by atoms with Crippen LogP contribution in [0.4, 0.5) is 5.82 Å². The van der Waals surface area contributed by atoms with Gasteiger partial charge in [0.25, 0.3) is 0 Å². The molecule has 6 heteroatoms. The first kappa shape index (κ1) is 19.6. The first-order chi connectivity index (χ1) is 14.1. The van der Waals surface area contributed by atoms with Crippen LogP contribution in [-0.4, -0.2) is 37.7 Å². The van der Waals surface area contributed by atoms with Crippen LogP contribution < -0.4 is 20.3 Å². The van der Waals surface area contributed by atoms with Crippen molar-refractivity contribution in [2.75, 3.05) is 26.0 Å². The minimum Gasteiger partial charge on any atom is -0.487 e. The number of hydrogen-bond acceptors (Lipinski definition) is 4. The first-order valence-electron chi connectivity index (χ1n) is 10.5. The molecule has 2 heterocycles. The Bertz CT molecular complexity index is 873. The number of rotatable bonds is 4. The molecule has 2 aromatic rings. The Morgan fingerprint density at radius 2 is 2.00 bits per heavy atom. The van der Waals surface area contributed by atoms with E-state index in [0.29, 0.717) is 6.54 Å². The first-order valence-corrected chi connectivity index (χ1v) is 10.5. The molecule has 2 N–H and O–H groups in total. The van der Waals surface area contributed by atoms with Crippen molar-refractivity contribution in [3.05, 3.63) is 53.7 Å². The van der Waals surface area contributed by atoms with Crippen LogP contribution in [0.2, 0.25) is 0 Å². The molecule has 0 radical (unpaired) electrons. The maximum absolute atomic E-state index is 6.48. The molecule has 4 rings (SSSR count). The molecule has 1 fully saturated rings. The molecular formula is C23H31N5O. The molecule has 29 heavy (non-hydrogen) atoms. The lowest BCUT2D eigenvalue weighted by molar-refractivity contribution is 0.0396. The van der Waals surface area contributed by atoms with Gasteiger partial charge in [-0.2, -0.15) is 0 Å². The average Bonchev–Trinajstić information content (AvgIpc) is 3.18. The lowest BCUT2D eigenvalue weighted by Gasteiger charge is -2.40. The molecule has 1 aromatic carbocycles. The predicted molar refractivity (Wildman–Crippen MR) is 118 cm³/mol. The Balaban J connectivity index is 1.50. The number of fused-ring (bicyclic) bond motifs is 1. The summed E-state index contributed by atoms with van der Waals surface area (Å²) in [6.07, 6.45) is 7.56. The quantitative estimate of drug-likeness (QED) is 0.613. The smallest absolute Gasteiger partial charge is 0.191 e. The summed E-state index contributed by atoms with van der Waals surface area (Å²) < 4.78 is 6.48. The number of benzene rings is 1. The Kier molecular flexibility index (Phi) is 5.60. The Labute approximate surface area is 173 Å². The van der Waals surface area contributed by atoms with E-state index in [-0.39, 0.29) is 11.6 Å². The second-order valence-corrected chi connectivity index (χ2v) is 8.24. The van der Waals surface area contributed by atoms with Crippen molar-refractivity contribution in [3.63, 3.8) is 0 Å². The van der Waals surface area contributed by atoms with Crippen LogP contribution >= 0.6 is 0 Å². The van der Waals surface area contributed by atoms with Crippen molar-refractivity contribution >= 4 is 11.8 Å². The monoisotopic (exact) mass is 393 g/mol. The Morgan fingerprint density at radius 3 is 2.76 bits per heavy atom. The molecule has 1 unspecified atom stereocenters. The fourth-order valence-electron chi connectivity index (χ4n) is 4.58. The number of para-hydroxylation sites is 1. The van der Waals surface area contributed by atoms with Gasteiger partial charge in [0.1, 0.15) is 17.2 Å². The number of nitrogens with one attached hydrogen (secondary N) is 2. The summed E-state index contributed by atoms with van der Waals surface area (Å²) in [5, 5.41) is 7.13. The maximum atomic E-state index is 6.48. The van der Waals surface area contributed by atoms with E-state index < -0.39 is 0 Å². The van der Waals surface area contributed by atoms with Gasteiger partial charge in [0.2, 0.25) is 0 Å². The van der Waals surface area contributed by atoms with Gasteiger partial charge in [-0.05, 0) is 37.8 Å². The van der Waals surface area contributed by atoms with Gasteiger partial charge in [0.15, 0.2) is 5.96 Å². The number of hydrogen-bond donors (Lipinski definition) is 2. The van der Waals surface area contributed by atoms with Gasteiger partial charge in [-0.3, -0.25) is 4.99 Å². The van der Waals surface area contributed by atoms with Gasteiger partial charge >= 0.3 is 0 Å². The third-order valence-corrected chi connectivity index (χ3v) is 5.98. The van der Waals surface area contributed by atoms with Crippen molar-refractivity contribution in [3.8, 4) is 5.75 Å². The van der Waals surface area contributed by atoms with Crippen LogP contribution in [0.5, 0.6) is 5.75 Å². The number of nitrogens with zero attached hydrogens (tertiary/aromatic N) is 3. The van der Waals surface area contributed by atoms with Gasteiger partial charge < -0.3 is 20.3 Å². The summed E-state index contributed by atoms with van der Waals surface area (Å²) in [6.45, 7) is 0.664. The predicted octanol–water partition coefficient (Wildman–Crippen LogP) is 3.65. The minimum absolute atomic E-state index is 0.0354. The fraction of sp³-hybridized carbons (Fsp3) is 0.478. The molecule has 154 valence electrons. The van der Waals surface area contributed by atoms with Gasteiger partial charge in [-0.25, -0.2) is 4.98 Å². The van der Waals surface area contributed by atoms with E-state index in [9.17, 15) is 0 Å². The molecule has 1 saturated carbocycles. The number of guanidine groups is 1. The molecule has 0 bridgehead atoms. The summed E-state index contributed by atoms with van der Waals surface area (Å²) in [6, 6.07) is 12.7. The molecule has 1 aliphatic carbocycles. The molecule has 0 amide bonds. The summed E-state index contributed by atoms with van der Waals surface area (Å²) in [4.78, 5) is 11.0. The van der Waals surface area contributed by atoms with E-state index in [0.717, 1.165) is 42.4 Å². The lowest BCUT2D eigenvalue weighted by Crippen LogP contribution is -2.46. The third-order valence-electron chi connectivity index (χ3n) is 5.98. The van der Waals surface area contributed by atoms with Crippen LogP contribution in [0.25, 0.3) is 0 Å². The number of pyridine rings is 1. The standard InChI is InChI=1S/C23H31N5O/c1-24-22(26-16-17-9-8-14-25-21(17)28(2)3)27-19-15-23(12-6-7-13-23)29-20-11-5-4-10-18(19)20/h4-5,8-11,14,19H,6-7,12-13,15-16H2,1-3H3,(H2,24,26,27). The van der Waals surface area contributed by atoms with Gasteiger partial charge in [0, 0.05) is 51.4 Å². The lowest BCUT2D eigenvalue weighted by atomic mass is 9.86. The highest BCUT2D eigenvalue weighted by atomic mass is 16.5. The number of ether oxygens (including phenoxy) is 1. The van der Waals surface area contributed by atoms with Gasteiger partial charge in [-0.15, -0.1) is 0 Å². The zero-order valence-corrected chi connectivity index (χ0v) is 17.6. The van der Waals surface area contributed by atoms with E-state index in [1.807, 2.05) is 38.3 Å². The largest absolute Gasteiger partial charge is 0.487 e. The fourth-order valence-corrected chi connectivity index (χ4v) is 4.58. The van der Waals surface area contributed by atoms with Crippen molar-refractivity contribution in [2.45, 2.75) is 50.3 Å². The maximum Gasteiger partial charge on any atom is 0.191 e. The van der Waals surface area contributed by atoms with Crippen LogP contribution in [-0.2, 0) is 6.54 Å². The topological polar surface area (TPSA) is 61.8 Å². The summed E-state index contributed by atoms with van der Waals surface area (Å²) in [5.41, 5.74) is 2.31. The van der Waals surface area contributed by atoms with Crippen LogP contribution in [0.3, 0.4) is 0 Å². The van der Waals surface area contributed by atoms with Crippen molar-refractivity contribution in [2.24, 2.45) is 4.99 Å². The second-order valence-electron chi connectivity index (χ2n) is 8.24. The van der Waals surface area contributed by atoms with E-state index in [2.05, 4.69) is 50.9 Å². The molecule has 1 aromatic heterocycles. The molecule has 2 aliphatic rings. The zero-order chi connectivity index (χ0) is 20.3. The summed E-state index contributed by atoms with van der Waals surface area (Å²) in [7, 11) is 5.85. The SMILES string of the molecule is CN=C(NCc1cccnc1N(C)C)NC1CC2(CCCC2)Oc2ccccc21. The number of aromatic nitrogens is 1. The Hall–Kier alpha value is -2.76. The second kappa shape index (κ2) is 8.31.